The number of thiophene rings is 1. The minimum absolute atomic E-state index is 0.0149. The molecule has 0 spiro atoms. The van der Waals surface area contributed by atoms with Crippen molar-refractivity contribution in [2.45, 2.75) is 26.5 Å². The van der Waals surface area contributed by atoms with E-state index in [0.29, 0.717) is 6.54 Å². The van der Waals surface area contributed by atoms with Crippen molar-refractivity contribution in [3.8, 4) is 0 Å². The van der Waals surface area contributed by atoms with Gasteiger partial charge < -0.3 is 15.2 Å². The number of carbonyl (C=O) groups is 2. The number of amides is 1. The van der Waals surface area contributed by atoms with Gasteiger partial charge >= 0.3 is 5.97 Å². The fourth-order valence-corrected chi connectivity index (χ4v) is 1.85. The molecule has 6 heteroatoms. The summed E-state index contributed by atoms with van der Waals surface area (Å²) in [6, 6.07) is 3.22. The van der Waals surface area contributed by atoms with Gasteiger partial charge in [-0.3, -0.25) is 4.79 Å². The summed E-state index contributed by atoms with van der Waals surface area (Å²) in [5.74, 6) is -1.15. The minimum Gasteiger partial charge on any atom is -0.477 e. The maximum Gasteiger partial charge on any atom is 0.345 e. The molecule has 0 aliphatic rings. The molecule has 1 aromatic rings. The van der Waals surface area contributed by atoms with E-state index in [1.54, 1.807) is 6.07 Å². The van der Waals surface area contributed by atoms with Crippen LogP contribution < -0.4 is 5.32 Å². The Hall–Kier alpha value is -1.40. The molecule has 0 saturated heterocycles. The summed E-state index contributed by atoms with van der Waals surface area (Å²) < 4.78 is 5.13. The Morgan fingerprint density at radius 2 is 2.18 bits per heavy atom. The Kier molecular flexibility index (Phi) is 5.11. The number of ether oxygens (including phenoxy) is 1. The largest absolute Gasteiger partial charge is 0.477 e. The molecular formula is C11H15NO4S. The Balaban J connectivity index is 2.34. The lowest BCUT2D eigenvalue weighted by Gasteiger charge is -2.07. The van der Waals surface area contributed by atoms with E-state index in [-0.39, 0.29) is 23.5 Å². The summed E-state index contributed by atoms with van der Waals surface area (Å²) in [7, 11) is 0. The van der Waals surface area contributed by atoms with Crippen molar-refractivity contribution in [3.63, 3.8) is 0 Å². The number of hydrogen-bond acceptors (Lipinski definition) is 4. The van der Waals surface area contributed by atoms with Crippen molar-refractivity contribution in [1.82, 2.24) is 5.32 Å². The number of carbonyl (C=O) groups excluding carboxylic acids is 1. The van der Waals surface area contributed by atoms with E-state index >= 15 is 0 Å². The highest BCUT2D eigenvalue weighted by atomic mass is 32.1. The lowest BCUT2D eigenvalue weighted by atomic mass is 10.4. The van der Waals surface area contributed by atoms with Gasteiger partial charge in [-0.1, -0.05) is 0 Å². The molecule has 0 unspecified atom stereocenters. The Morgan fingerprint density at radius 1 is 1.47 bits per heavy atom. The van der Waals surface area contributed by atoms with Crippen molar-refractivity contribution < 1.29 is 19.4 Å². The smallest absolute Gasteiger partial charge is 0.345 e. The van der Waals surface area contributed by atoms with Crippen LogP contribution in [0.25, 0.3) is 0 Å². The molecular weight excluding hydrogens is 242 g/mol. The molecule has 0 fully saturated rings. The SMILES string of the molecule is CC(C)OCC(=O)NCc1ccc(C(=O)O)s1. The summed E-state index contributed by atoms with van der Waals surface area (Å²) in [5.41, 5.74) is 0. The molecule has 0 atom stereocenters. The van der Waals surface area contributed by atoms with Gasteiger partial charge in [0.1, 0.15) is 11.5 Å². The van der Waals surface area contributed by atoms with Gasteiger partial charge in [-0.2, -0.15) is 0 Å². The van der Waals surface area contributed by atoms with E-state index in [0.717, 1.165) is 16.2 Å². The lowest BCUT2D eigenvalue weighted by molar-refractivity contribution is -0.127. The molecule has 0 aromatic carbocycles. The van der Waals surface area contributed by atoms with Crippen LogP contribution in [0.3, 0.4) is 0 Å². The molecule has 94 valence electrons. The van der Waals surface area contributed by atoms with Gasteiger partial charge in [0.2, 0.25) is 5.91 Å². The second-order valence-corrected chi connectivity index (χ2v) is 4.88. The molecule has 0 radical (unpaired) electrons. The van der Waals surface area contributed by atoms with Gasteiger partial charge in [0, 0.05) is 4.88 Å². The van der Waals surface area contributed by atoms with Crippen molar-refractivity contribution in [2.24, 2.45) is 0 Å². The Bertz CT molecular complexity index is 400. The summed E-state index contributed by atoms with van der Waals surface area (Å²) in [5, 5.41) is 11.4. The number of aromatic carboxylic acids is 1. The van der Waals surface area contributed by atoms with Crippen LogP contribution in [0.2, 0.25) is 0 Å². The van der Waals surface area contributed by atoms with Crippen molar-refractivity contribution in [1.29, 1.82) is 0 Å². The first-order chi connectivity index (χ1) is 7.99. The van der Waals surface area contributed by atoms with Crippen molar-refractivity contribution in [3.05, 3.63) is 21.9 Å². The number of carboxylic acid groups (broad SMARTS) is 1. The van der Waals surface area contributed by atoms with E-state index in [9.17, 15) is 9.59 Å². The molecule has 0 aliphatic carbocycles. The van der Waals surface area contributed by atoms with Crippen molar-refractivity contribution >= 4 is 23.2 Å². The van der Waals surface area contributed by atoms with Crippen LogP contribution in [0.4, 0.5) is 0 Å². The zero-order valence-corrected chi connectivity index (χ0v) is 10.5. The highest BCUT2D eigenvalue weighted by Gasteiger charge is 2.08. The van der Waals surface area contributed by atoms with E-state index < -0.39 is 5.97 Å². The van der Waals surface area contributed by atoms with Crippen LogP contribution in [0.15, 0.2) is 12.1 Å². The topological polar surface area (TPSA) is 75.6 Å². The quantitative estimate of drug-likeness (QED) is 0.809. The van der Waals surface area contributed by atoms with Crippen LogP contribution in [0.1, 0.15) is 28.4 Å². The summed E-state index contributed by atoms with van der Waals surface area (Å²) in [6.45, 7) is 4.06. The molecule has 2 N–H and O–H groups in total. The van der Waals surface area contributed by atoms with Gasteiger partial charge in [-0.05, 0) is 26.0 Å². The summed E-state index contributed by atoms with van der Waals surface area (Å²) in [4.78, 5) is 23.0. The second-order valence-electron chi connectivity index (χ2n) is 3.71. The maximum absolute atomic E-state index is 11.3. The normalized spacial score (nSPS) is 10.5. The first kappa shape index (κ1) is 13.7. The van der Waals surface area contributed by atoms with Crippen molar-refractivity contribution in [2.75, 3.05) is 6.61 Å². The molecule has 17 heavy (non-hydrogen) atoms. The summed E-state index contributed by atoms with van der Waals surface area (Å²) in [6.07, 6.45) is 0.0149. The highest BCUT2D eigenvalue weighted by molar-refractivity contribution is 7.13. The number of rotatable bonds is 6. The third-order valence-corrected chi connectivity index (χ3v) is 2.95. The Labute approximate surface area is 103 Å². The number of carboxylic acids is 1. The predicted molar refractivity (Wildman–Crippen MR) is 64.2 cm³/mol. The molecule has 0 aliphatic heterocycles. The fraction of sp³-hybridized carbons (Fsp3) is 0.455. The van der Waals surface area contributed by atoms with E-state index in [4.69, 9.17) is 9.84 Å². The van der Waals surface area contributed by atoms with Gasteiger partial charge in [0.25, 0.3) is 0 Å². The molecule has 1 aromatic heterocycles. The molecule has 1 amide bonds. The van der Waals surface area contributed by atoms with Crippen LogP contribution in [0, 0.1) is 0 Å². The maximum atomic E-state index is 11.3. The summed E-state index contributed by atoms with van der Waals surface area (Å²) >= 11 is 1.15. The van der Waals surface area contributed by atoms with Crippen LogP contribution >= 0.6 is 11.3 Å². The number of hydrogen-bond donors (Lipinski definition) is 2. The lowest BCUT2D eigenvalue weighted by Crippen LogP contribution is -2.28. The van der Waals surface area contributed by atoms with Gasteiger partial charge in [-0.25, -0.2) is 4.79 Å². The highest BCUT2D eigenvalue weighted by Crippen LogP contribution is 2.15. The van der Waals surface area contributed by atoms with Gasteiger partial charge in [0.05, 0.1) is 12.6 Å². The zero-order valence-electron chi connectivity index (χ0n) is 9.73. The fourth-order valence-electron chi connectivity index (χ4n) is 1.07. The van der Waals surface area contributed by atoms with Gasteiger partial charge in [-0.15, -0.1) is 11.3 Å². The predicted octanol–water partition coefficient (Wildman–Crippen LogP) is 1.49. The minimum atomic E-state index is -0.948. The average Bonchev–Trinajstić information content (AvgIpc) is 2.72. The molecule has 1 heterocycles. The number of nitrogens with one attached hydrogen (secondary N) is 1. The first-order valence-corrected chi connectivity index (χ1v) is 6.01. The molecule has 5 nitrogen and oxygen atoms in total. The molecule has 0 bridgehead atoms. The van der Waals surface area contributed by atoms with Crippen LogP contribution in [0.5, 0.6) is 0 Å². The van der Waals surface area contributed by atoms with E-state index in [1.165, 1.54) is 6.07 Å². The zero-order chi connectivity index (χ0) is 12.8. The van der Waals surface area contributed by atoms with Gasteiger partial charge in [0.15, 0.2) is 0 Å². The Morgan fingerprint density at radius 3 is 2.71 bits per heavy atom. The van der Waals surface area contributed by atoms with Crippen LogP contribution in [-0.2, 0) is 16.1 Å². The standard InChI is InChI=1S/C11H15NO4S/c1-7(2)16-6-10(13)12-5-8-3-4-9(17-8)11(14)15/h3-4,7H,5-6H2,1-2H3,(H,12,13)(H,14,15). The molecule has 1 rings (SSSR count). The first-order valence-electron chi connectivity index (χ1n) is 5.19. The average molecular weight is 257 g/mol. The van der Waals surface area contributed by atoms with E-state index in [1.807, 2.05) is 13.8 Å². The van der Waals surface area contributed by atoms with Crippen LogP contribution in [-0.4, -0.2) is 29.7 Å². The second kappa shape index (κ2) is 6.36. The van der Waals surface area contributed by atoms with E-state index in [2.05, 4.69) is 5.32 Å². The molecule has 0 saturated carbocycles. The monoisotopic (exact) mass is 257 g/mol. The third kappa shape index (κ3) is 4.97. The third-order valence-electron chi connectivity index (χ3n) is 1.88.